The van der Waals surface area contributed by atoms with Crippen LogP contribution in [0.5, 0.6) is 0 Å². The first-order valence-corrected chi connectivity index (χ1v) is 11.5. The molecule has 0 aromatic carbocycles. The van der Waals surface area contributed by atoms with Crippen LogP contribution in [0.4, 0.5) is 0 Å². The Morgan fingerprint density at radius 3 is 2.38 bits per heavy atom. The number of ketones is 1. The largest absolute Gasteiger partial charge is 0.390 e. The Labute approximate surface area is 159 Å². The minimum Gasteiger partial charge on any atom is -0.390 e. The zero-order chi connectivity index (χ0) is 18.3. The van der Waals surface area contributed by atoms with Gasteiger partial charge in [0, 0.05) is 12.3 Å². The Balaban J connectivity index is 1.48. The van der Waals surface area contributed by atoms with Gasteiger partial charge in [0.05, 0.1) is 5.60 Å². The van der Waals surface area contributed by atoms with E-state index in [-0.39, 0.29) is 11.5 Å². The van der Waals surface area contributed by atoms with Crippen LogP contribution in [-0.2, 0) is 4.79 Å². The third kappa shape index (κ3) is 2.12. The van der Waals surface area contributed by atoms with Crippen LogP contribution in [0, 0.1) is 46.3 Å². The molecule has 2 heteroatoms. The van der Waals surface area contributed by atoms with Crippen molar-refractivity contribution < 1.29 is 9.90 Å². The second kappa shape index (κ2) is 5.58. The monoisotopic (exact) mass is 358 g/mol. The molecule has 0 aromatic rings. The van der Waals surface area contributed by atoms with Crippen molar-refractivity contribution in [2.24, 2.45) is 46.3 Å². The number of aliphatic hydroxyl groups is 1. The first-order chi connectivity index (χ1) is 12.3. The number of carbonyl (C=O) groups excluding carboxylic acids is 1. The minimum atomic E-state index is -0.322. The highest BCUT2D eigenvalue weighted by Gasteiger charge is 2.64. The lowest BCUT2D eigenvalue weighted by atomic mass is 9.38. The van der Waals surface area contributed by atoms with E-state index in [1.165, 1.54) is 44.9 Å². The zero-order valence-corrected chi connectivity index (χ0v) is 17.1. The molecule has 5 aliphatic carbocycles. The summed E-state index contributed by atoms with van der Waals surface area (Å²) in [6.07, 6.45) is 13.1. The fraction of sp³-hybridized carbons (Fsp3) is 0.958. The average Bonchev–Trinajstić information content (AvgIpc) is 3.00. The van der Waals surface area contributed by atoms with Gasteiger partial charge in [0.25, 0.3) is 0 Å². The summed E-state index contributed by atoms with van der Waals surface area (Å²) in [5.41, 5.74) is 0.490. The van der Waals surface area contributed by atoms with E-state index < -0.39 is 0 Å². The van der Waals surface area contributed by atoms with Gasteiger partial charge in [-0.25, -0.2) is 0 Å². The molecule has 146 valence electrons. The van der Waals surface area contributed by atoms with Gasteiger partial charge in [-0.3, -0.25) is 4.79 Å². The van der Waals surface area contributed by atoms with E-state index in [2.05, 4.69) is 20.8 Å². The molecule has 5 saturated carbocycles. The summed E-state index contributed by atoms with van der Waals surface area (Å²) in [6, 6.07) is 0. The second-order valence-electron chi connectivity index (χ2n) is 11.5. The molecular weight excluding hydrogens is 320 g/mol. The molecule has 0 aromatic heterocycles. The predicted octanol–water partition coefficient (Wildman–Crippen LogP) is 5.38. The number of rotatable bonds is 0. The maximum Gasteiger partial charge on any atom is 0.136 e. The number of hydrogen-bond acceptors (Lipinski definition) is 2. The van der Waals surface area contributed by atoms with Gasteiger partial charge < -0.3 is 5.11 Å². The number of hydrogen-bond donors (Lipinski definition) is 1. The second-order valence-corrected chi connectivity index (χ2v) is 11.5. The fourth-order valence-corrected chi connectivity index (χ4v) is 9.60. The molecule has 5 fully saturated rings. The number of Topliss-reactive ketones (excluding diaryl/α,β-unsaturated/α-hetero) is 1. The van der Waals surface area contributed by atoms with Crippen LogP contribution >= 0.6 is 0 Å². The maximum atomic E-state index is 12.4. The Hall–Kier alpha value is -0.370. The van der Waals surface area contributed by atoms with Crippen molar-refractivity contribution in [3.8, 4) is 0 Å². The third-order valence-electron chi connectivity index (χ3n) is 10.8. The first-order valence-electron chi connectivity index (χ1n) is 11.5. The molecule has 5 rings (SSSR count). The lowest BCUT2D eigenvalue weighted by Gasteiger charge is -2.66. The number of fused-ring (bicyclic) bond motifs is 7. The lowest BCUT2D eigenvalue weighted by molar-refractivity contribution is -0.194. The molecule has 5 aliphatic rings. The van der Waals surface area contributed by atoms with Crippen molar-refractivity contribution in [2.75, 3.05) is 0 Å². The quantitative estimate of drug-likeness (QED) is 0.631. The maximum absolute atomic E-state index is 12.4. The van der Waals surface area contributed by atoms with Gasteiger partial charge in [0.1, 0.15) is 5.78 Å². The van der Waals surface area contributed by atoms with E-state index in [0.717, 1.165) is 43.4 Å². The van der Waals surface area contributed by atoms with Gasteiger partial charge in [0.2, 0.25) is 0 Å². The van der Waals surface area contributed by atoms with E-state index in [9.17, 15) is 9.90 Å². The van der Waals surface area contributed by atoms with E-state index in [4.69, 9.17) is 0 Å². The lowest BCUT2D eigenvalue weighted by Crippen LogP contribution is -2.61. The van der Waals surface area contributed by atoms with Gasteiger partial charge in [-0.05, 0) is 98.2 Å². The Morgan fingerprint density at radius 1 is 0.846 bits per heavy atom. The van der Waals surface area contributed by atoms with Crippen LogP contribution in [0.1, 0.15) is 91.4 Å². The Morgan fingerprint density at radius 2 is 1.58 bits per heavy atom. The van der Waals surface area contributed by atoms with E-state index in [1.807, 2.05) is 0 Å². The molecule has 0 aliphatic heterocycles. The van der Waals surface area contributed by atoms with Crippen molar-refractivity contribution in [1.82, 2.24) is 0 Å². The zero-order valence-electron chi connectivity index (χ0n) is 17.1. The van der Waals surface area contributed by atoms with Crippen LogP contribution in [0.3, 0.4) is 0 Å². The van der Waals surface area contributed by atoms with E-state index in [0.29, 0.717) is 28.4 Å². The SMILES string of the molecule is CC1C(=O)CCC2(C)C1CCC1(C)C3CCC4(O)CCCC4C3CCC21. The van der Waals surface area contributed by atoms with Gasteiger partial charge >= 0.3 is 0 Å². The fourth-order valence-electron chi connectivity index (χ4n) is 9.60. The standard InChI is InChI=1S/C24H38O2/c1-15-17-8-12-23(3)18-9-14-24(26)11-4-5-19(24)16(18)6-7-21(23)22(17,2)13-10-20(15)25/h15-19,21,26H,4-14H2,1-3H3. The molecule has 2 nitrogen and oxygen atoms in total. The van der Waals surface area contributed by atoms with E-state index >= 15 is 0 Å². The van der Waals surface area contributed by atoms with Crippen LogP contribution in [0.15, 0.2) is 0 Å². The minimum absolute atomic E-state index is 0.280. The van der Waals surface area contributed by atoms with Crippen molar-refractivity contribution in [1.29, 1.82) is 0 Å². The highest BCUT2D eigenvalue weighted by molar-refractivity contribution is 5.82. The molecular formula is C24H38O2. The topological polar surface area (TPSA) is 37.3 Å². The normalized spacial score (nSPS) is 59.2. The van der Waals surface area contributed by atoms with Crippen LogP contribution in [0.25, 0.3) is 0 Å². The van der Waals surface area contributed by atoms with Gasteiger partial charge in [-0.15, -0.1) is 0 Å². The van der Waals surface area contributed by atoms with Crippen LogP contribution < -0.4 is 0 Å². The summed E-state index contributed by atoms with van der Waals surface area (Å²) in [5.74, 6) is 4.37. The van der Waals surface area contributed by atoms with Crippen molar-refractivity contribution in [3.63, 3.8) is 0 Å². The highest BCUT2D eigenvalue weighted by Crippen LogP contribution is 2.70. The molecule has 26 heavy (non-hydrogen) atoms. The van der Waals surface area contributed by atoms with Crippen molar-refractivity contribution in [2.45, 2.75) is 97.0 Å². The van der Waals surface area contributed by atoms with Crippen molar-refractivity contribution in [3.05, 3.63) is 0 Å². The summed E-state index contributed by atoms with van der Waals surface area (Å²) in [4.78, 5) is 12.4. The summed E-state index contributed by atoms with van der Waals surface area (Å²) in [7, 11) is 0. The van der Waals surface area contributed by atoms with Crippen LogP contribution in [0.2, 0.25) is 0 Å². The Bertz CT molecular complexity index is 613. The van der Waals surface area contributed by atoms with Gasteiger partial charge in [0.15, 0.2) is 0 Å². The molecule has 0 amide bonds. The molecule has 0 bridgehead atoms. The molecule has 0 heterocycles. The molecule has 0 radical (unpaired) electrons. The molecule has 0 spiro atoms. The predicted molar refractivity (Wildman–Crippen MR) is 104 cm³/mol. The Kier molecular flexibility index (Phi) is 3.80. The van der Waals surface area contributed by atoms with Gasteiger partial charge in [-0.1, -0.05) is 27.2 Å². The number of carbonyl (C=O) groups is 1. The smallest absolute Gasteiger partial charge is 0.136 e. The summed E-state index contributed by atoms with van der Waals surface area (Å²) in [6.45, 7) is 7.39. The first kappa shape index (κ1) is 17.7. The van der Waals surface area contributed by atoms with E-state index in [1.54, 1.807) is 0 Å². The average molecular weight is 359 g/mol. The van der Waals surface area contributed by atoms with Crippen LogP contribution in [-0.4, -0.2) is 16.5 Å². The van der Waals surface area contributed by atoms with Gasteiger partial charge in [-0.2, -0.15) is 0 Å². The van der Waals surface area contributed by atoms with Crippen molar-refractivity contribution >= 4 is 5.78 Å². The summed E-state index contributed by atoms with van der Waals surface area (Å²) in [5, 5.41) is 11.2. The summed E-state index contributed by atoms with van der Waals surface area (Å²) >= 11 is 0. The molecule has 9 unspecified atom stereocenters. The highest BCUT2D eigenvalue weighted by atomic mass is 16.3. The molecule has 1 N–H and O–H groups in total. The molecule has 0 saturated heterocycles. The summed E-state index contributed by atoms with van der Waals surface area (Å²) < 4.78 is 0. The third-order valence-corrected chi connectivity index (χ3v) is 10.8. The molecule has 9 atom stereocenters.